The lowest BCUT2D eigenvalue weighted by Gasteiger charge is -2.29. The first-order valence-corrected chi connectivity index (χ1v) is 8.15. The fourth-order valence-electron chi connectivity index (χ4n) is 2.49. The SMILES string of the molecule is Cc1cc(S(=O)(=O)N2CCC(C(=O)O)CC2)ccc1[N+](=O)[O-]. The molecule has 0 aliphatic carbocycles. The molecule has 0 unspecified atom stereocenters. The first-order valence-electron chi connectivity index (χ1n) is 6.71. The number of aliphatic carboxylic acids is 1. The number of hydrogen-bond donors (Lipinski definition) is 1. The zero-order valence-electron chi connectivity index (χ0n) is 11.9. The Morgan fingerprint density at radius 2 is 1.95 bits per heavy atom. The Bertz CT molecular complexity index is 707. The topological polar surface area (TPSA) is 118 Å². The summed E-state index contributed by atoms with van der Waals surface area (Å²) in [5, 5.41) is 19.7. The van der Waals surface area contributed by atoms with E-state index in [0.29, 0.717) is 0 Å². The largest absolute Gasteiger partial charge is 0.481 e. The van der Waals surface area contributed by atoms with Crippen molar-refractivity contribution in [3.63, 3.8) is 0 Å². The molecule has 1 aliphatic heterocycles. The van der Waals surface area contributed by atoms with E-state index >= 15 is 0 Å². The van der Waals surface area contributed by atoms with Gasteiger partial charge in [-0.25, -0.2) is 8.42 Å². The number of nitrogens with zero attached hydrogens (tertiary/aromatic N) is 2. The summed E-state index contributed by atoms with van der Waals surface area (Å²) in [4.78, 5) is 21.1. The van der Waals surface area contributed by atoms with E-state index in [1.807, 2.05) is 0 Å². The number of nitro groups is 1. The summed E-state index contributed by atoms with van der Waals surface area (Å²) >= 11 is 0. The molecule has 0 atom stereocenters. The van der Waals surface area contributed by atoms with E-state index in [2.05, 4.69) is 0 Å². The minimum atomic E-state index is -3.76. The van der Waals surface area contributed by atoms with Crippen molar-refractivity contribution in [1.82, 2.24) is 4.31 Å². The second kappa shape index (κ2) is 6.01. The lowest BCUT2D eigenvalue weighted by molar-refractivity contribution is -0.385. The number of sulfonamides is 1. The molecule has 0 amide bonds. The molecule has 1 saturated heterocycles. The van der Waals surface area contributed by atoms with Gasteiger partial charge in [0.1, 0.15) is 0 Å². The third-order valence-corrected chi connectivity index (χ3v) is 5.70. The van der Waals surface area contributed by atoms with Gasteiger partial charge in [-0.2, -0.15) is 4.31 Å². The number of piperidine rings is 1. The predicted molar refractivity (Wildman–Crippen MR) is 77.0 cm³/mol. The summed E-state index contributed by atoms with van der Waals surface area (Å²) < 4.78 is 26.2. The van der Waals surface area contributed by atoms with E-state index < -0.39 is 26.8 Å². The summed E-state index contributed by atoms with van der Waals surface area (Å²) in [6, 6.07) is 3.66. The molecule has 2 rings (SSSR count). The lowest BCUT2D eigenvalue weighted by Crippen LogP contribution is -2.40. The van der Waals surface area contributed by atoms with Crippen LogP contribution in [0.5, 0.6) is 0 Å². The summed E-state index contributed by atoms with van der Waals surface area (Å²) in [5.41, 5.74) is 0.134. The molecule has 1 N–H and O–H groups in total. The molecule has 1 fully saturated rings. The van der Waals surface area contributed by atoms with Gasteiger partial charge in [-0.3, -0.25) is 14.9 Å². The summed E-state index contributed by atoms with van der Waals surface area (Å²) in [7, 11) is -3.76. The average Bonchev–Trinajstić information content (AvgIpc) is 2.46. The fraction of sp³-hybridized carbons (Fsp3) is 0.462. The van der Waals surface area contributed by atoms with Crippen LogP contribution in [0.3, 0.4) is 0 Å². The van der Waals surface area contributed by atoms with Gasteiger partial charge in [-0.05, 0) is 31.9 Å². The third-order valence-electron chi connectivity index (χ3n) is 3.81. The van der Waals surface area contributed by atoms with Crippen molar-refractivity contribution in [2.24, 2.45) is 5.92 Å². The molecular weight excluding hydrogens is 312 g/mol. The summed E-state index contributed by atoms with van der Waals surface area (Å²) in [6.07, 6.45) is 0.529. The maximum atomic E-state index is 12.5. The number of carboxylic acid groups (broad SMARTS) is 1. The van der Waals surface area contributed by atoms with Crippen LogP contribution in [0.25, 0.3) is 0 Å². The van der Waals surface area contributed by atoms with Crippen LogP contribution < -0.4 is 0 Å². The third kappa shape index (κ3) is 3.09. The molecule has 1 aromatic carbocycles. The van der Waals surface area contributed by atoms with Gasteiger partial charge in [0.2, 0.25) is 10.0 Å². The summed E-state index contributed by atoms with van der Waals surface area (Å²) in [5.74, 6) is -1.44. The molecular formula is C13H16N2O6S. The number of carbonyl (C=O) groups is 1. The van der Waals surface area contributed by atoms with Crippen LogP contribution in [0.1, 0.15) is 18.4 Å². The number of rotatable bonds is 4. The van der Waals surface area contributed by atoms with Gasteiger partial charge in [-0.15, -0.1) is 0 Å². The van der Waals surface area contributed by atoms with Gasteiger partial charge < -0.3 is 5.11 Å². The van der Waals surface area contributed by atoms with E-state index in [-0.39, 0.29) is 42.1 Å². The molecule has 0 bridgehead atoms. The first-order chi connectivity index (χ1) is 10.2. The monoisotopic (exact) mass is 328 g/mol. The number of hydrogen-bond acceptors (Lipinski definition) is 5. The highest BCUT2D eigenvalue weighted by molar-refractivity contribution is 7.89. The predicted octanol–water partition coefficient (Wildman–Crippen LogP) is 1.39. The summed E-state index contributed by atoms with van der Waals surface area (Å²) in [6.45, 7) is 1.75. The Morgan fingerprint density at radius 1 is 1.36 bits per heavy atom. The normalized spacial score (nSPS) is 17.3. The Morgan fingerprint density at radius 3 is 2.41 bits per heavy atom. The van der Waals surface area contributed by atoms with Gasteiger partial charge in [-0.1, -0.05) is 0 Å². The number of aryl methyl sites for hydroxylation is 1. The van der Waals surface area contributed by atoms with Crippen molar-refractivity contribution in [3.8, 4) is 0 Å². The molecule has 0 spiro atoms. The second-order valence-electron chi connectivity index (χ2n) is 5.22. The van der Waals surface area contributed by atoms with Crippen LogP contribution in [0.4, 0.5) is 5.69 Å². The van der Waals surface area contributed by atoms with Crippen LogP contribution in [-0.4, -0.2) is 41.8 Å². The van der Waals surface area contributed by atoms with E-state index in [0.717, 1.165) is 0 Å². The van der Waals surface area contributed by atoms with Gasteiger partial charge >= 0.3 is 5.97 Å². The highest BCUT2D eigenvalue weighted by Gasteiger charge is 2.32. The number of carboxylic acids is 1. The Hall–Kier alpha value is -2.00. The van der Waals surface area contributed by atoms with Crippen LogP contribution in [0.15, 0.2) is 23.1 Å². The Labute approximate surface area is 127 Å². The molecule has 9 heteroatoms. The Kier molecular flexibility index (Phi) is 4.47. The lowest BCUT2D eigenvalue weighted by atomic mass is 9.99. The molecule has 1 aliphatic rings. The maximum absolute atomic E-state index is 12.5. The molecule has 1 aromatic rings. The van der Waals surface area contributed by atoms with E-state index in [4.69, 9.17) is 5.11 Å². The fourth-order valence-corrected chi connectivity index (χ4v) is 4.04. The molecule has 22 heavy (non-hydrogen) atoms. The minimum Gasteiger partial charge on any atom is -0.481 e. The van der Waals surface area contributed by atoms with Crippen molar-refractivity contribution < 1.29 is 23.2 Å². The standard InChI is InChI=1S/C13H16N2O6S/c1-9-8-11(2-3-12(9)15(18)19)22(20,21)14-6-4-10(5-7-14)13(16)17/h2-3,8,10H,4-7H2,1H3,(H,16,17). The van der Waals surface area contributed by atoms with Gasteiger partial charge in [0, 0.05) is 24.7 Å². The van der Waals surface area contributed by atoms with Crippen LogP contribution >= 0.6 is 0 Å². The van der Waals surface area contributed by atoms with Crippen molar-refractivity contribution in [2.45, 2.75) is 24.7 Å². The highest BCUT2D eigenvalue weighted by Crippen LogP contribution is 2.27. The van der Waals surface area contributed by atoms with Crippen molar-refractivity contribution in [3.05, 3.63) is 33.9 Å². The van der Waals surface area contributed by atoms with E-state index in [1.54, 1.807) is 0 Å². The smallest absolute Gasteiger partial charge is 0.306 e. The van der Waals surface area contributed by atoms with Crippen molar-refractivity contribution in [2.75, 3.05) is 13.1 Å². The number of nitro benzene ring substituents is 1. The van der Waals surface area contributed by atoms with Crippen LogP contribution in [-0.2, 0) is 14.8 Å². The average molecular weight is 328 g/mol. The zero-order valence-corrected chi connectivity index (χ0v) is 12.7. The second-order valence-corrected chi connectivity index (χ2v) is 7.16. The van der Waals surface area contributed by atoms with Gasteiger partial charge in [0.15, 0.2) is 0 Å². The maximum Gasteiger partial charge on any atom is 0.306 e. The molecule has 120 valence electrons. The Balaban J connectivity index is 2.23. The quantitative estimate of drug-likeness (QED) is 0.659. The van der Waals surface area contributed by atoms with Crippen molar-refractivity contribution >= 4 is 21.7 Å². The number of benzene rings is 1. The van der Waals surface area contributed by atoms with Crippen LogP contribution in [0.2, 0.25) is 0 Å². The van der Waals surface area contributed by atoms with Gasteiger partial charge in [0.25, 0.3) is 5.69 Å². The zero-order chi connectivity index (χ0) is 16.5. The van der Waals surface area contributed by atoms with E-state index in [9.17, 15) is 23.3 Å². The van der Waals surface area contributed by atoms with E-state index in [1.165, 1.54) is 29.4 Å². The molecule has 0 radical (unpaired) electrons. The molecule has 1 heterocycles. The van der Waals surface area contributed by atoms with Crippen LogP contribution in [0, 0.1) is 23.0 Å². The molecule has 0 saturated carbocycles. The molecule has 8 nitrogen and oxygen atoms in total. The molecule has 0 aromatic heterocycles. The van der Waals surface area contributed by atoms with Gasteiger partial charge in [0.05, 0.1) is 15.7 Å². The first kappa shape index (κ1) is 16.4. The minimum absolute atomic E-state index is 0.00984. The van der Waals surface area contributed by atoms with Crippen molar-refractivity contribution in [1.29, 1.82) is 0 Å². The highest BCUT2D eigenvalue weighted by atomic mass is 32.2.